The van der Waals surface area contributed by atoms with Gasteiger partial charge in [0.05, 0.1) is 12.0 Å². The van der Waals surface area contributed by atoms with Crippen LogP contribution < -0.4 is 5.32 Å². The fraction of sp³-hybridized carbons (Fsp3) is 0.318. The zero-order valence-corrected chi connectivity index (χ0v) is 15.5. The molecule has 1 saturated carbocycles. The number of hydrogen-bond acceptors (Lipinski definition) is 4. The fourth-order valence-corrected chi connectivity index (χ4v) is 3.74. The summed E-state index contributed by atoms with van der Waals surface area (Å²) < 4.78 is 0. The van der Waals surface area contributed by atoms with Gasteiger partial charge in [-0.3, -0.25) is 9.69 Å². The molecule has 3 aromatic rings. The van der Waals surface area contributed by atoms with Crippen molar-refractivity contribution < 1.29 is 4.79 Å². The van der Waals surface area contributed by atoms with E-state index >= 15 is 0 Å². The second kappa shape index (κ2) is 6.77. The van der Waals surface area contributed by atoms with Crippen molar-refractivity contribution in [2.24, 2.45) is 11.8 Å². The zero-order chi connectivity index (χ0) is 19.1. The first-order valence-electron chi connectivity index (χ1n) is 9.70. The third-order valence-corrected chi connectivity index (χ3v) is 5.54. The van der Waals surface area contributed by atoms with E-state index in [1.54, 1.807) is 0 Å². The molecule has 0 atom stereocenters. The second-order valence-electron chi connectivity index (χ2n) is 7.78. The van der Waals surface area contributed by atoms with E-state index < -0.39 is 0 Å². The fourth-order valence-electron chi connectivity index (χ4n) is 3.74. The number of H-pyrrole nitrogens is 1. The number of fused-ring (bicyclic) bond motifs is 1. The molecule has 6 heteroatoms. The molecule has 1 aliphatic heterocycles. The van der Waals surface area contributed by atoms with Gasteiger partial charge in [-0.25, -0.2) is 4.98 Å². The molecule has 2 aromatic heterocycles. The Labute approximate surface area is 163 Å². The minimum Gasteiger partial charge on any atom is -0.346 e. The molecule has 0 spiro atoms. The van der Waals surface area contributed by atoms with E-state index in [-0.39, 0.29) is 17.7 Å². The molecule has 1 saturated heterocycles. The third-order valence-electron chi connectivity index (χ3n) is 5.54. The van der Waals surface area contributed by atoms with E-state index in [4.69, 9.17) is 5.26 Å². The van der Waals surface area contributed by atoms with E-state index in [0.717, 1.165) is 54.6 Å². The van der Waals surface area contributed by atoms with Gasteiger partial charge in [-0.15, -0.1) is 0 Å². The highest BCUT2D eigenvalue weighted by atomic mass is 16.2. The third kappa shape index (κ3) is 3.25. The van der Waals surface area contributed by atoms with E-state index in [0.29, 0.717) is 5.82 Å². The molecule has 6 nitrogen and oxygen atoms in total. The van der Waals surface area contributed by atoms with E-state index in [9.17, 15) is 4.79 Å². The summed E-state index contributed by atoms with van der Waals surface area (Å²) in [5.74, 6) is 0.979. The van der Waals surface area contributed by atoms with Crippen LogP contribution in [0.1, 0.15) is 18.4 Å². The standard InChI is InChI=1S/C22H21N5O/c23-10-15-12-27(13-15)11-14-1-3-16(4-2-14)19-9-20(26-22(28)17-5-6-17)25-21-18(19)7-8-24-21/h1-4,7-9,15,17H,5-6,11-13H2,(H2,24,25,26,28). The number of pyridine rings is 1. The van der Waals surface area contributed by atoms with Crippen LogP contribution in [-0.4, -0.2) is 33.9 Å². The number of aromatic amines is 1. The molecule has 0 radical (unpaired) electrons. The van der Waals surface area contributed by atoms with Crippen molar-refractivity contribution in [3.8, 4) is 17.2 Å². The summed E-state index contributed by atoms with van der Waals surface area (Å²) >= 11 is 0. The van der Waals surface area contributed by atoms with Crippen molar-refractivity contribution in [1.29, 1.82) is 5.26 Å². The molecule has 140 valence electrons. The average molecular weight is 371 g/mol. The summed E-state index contributed by atoms with van der Waals surface area (Å²) in [7, 11) is 0. The molecule has 3 heterocycles. The largest absolute Gasteiger partial charge is 0.346 e. The van der Waals surface area contributed by atoms with E-state index in [1.165, 1.54) is 5.56 Å². The normalized spacial score (nSPS) is 17.2. The first-order valence-corrected chi connectivity index (χ1v) is 9.70. The van der Waals surface area contributed by atoms with E-state index in [2.05, 4.69) is 50.5 Å². The molecule has 1 amide bonds. The smallest absolute Gasteiger partial charge is 0.228 e. The Bertz CT molecular complexity index is 1070. The van der Waals surface area contributed by atoms with E-state index in [1.807, 2.05) is 18.3 Å². The van der Waals surface area contributed by atoms with Crippen molar-refractivity contribution >= 4 is 22.8 Å². The lowest BCUT2D eigenvalue weighted by molar-refractivity contribution is -0.117. The van der Waals surface area contributed by atoms with Crippen LogP contribution in [0.25, 0.3) is 22.2 Å². The Balaban J connectivity index is 1.39. The molecule has 5 rings (SSSR count). The highest BCUT2D eigenvalue weighted by Crippen LogP contribution is 2.33. The average Bonchev–Trinajstić information content (AvgIpc) is 3.42. The van der Waals surface area contributed by atoms with Crippen molar-refractivity contribution in [3.63, 3.8) is 0 Å². The molecule has 1 aliphatic carbocycles. The summed E-state index contributed by atoms with van der Waals surface area (Å²) in [6.07, 6.45) is 3.81. The summed E-state index contributed by atoms with van der Waals surface area (Å²) in [5.41, 5.74) is 4.16. The van der Waals surface area contributed by atoms with Gasteiger partial charge in [0.25, 0.3) is 0 Å². The van der Waals surface area contributed by atoms with Crippen LogP contribution in [0.4, 0.5) is 5.82 Å². The molecular formula is C22H21N5O. The molecular weight excluding hydrogens is 350 g/mol. The van der Waals surface area contributed by atoms with Crippen LogP contribution in [0.3, 0.4) is 0 Å². The van der Waals surface area contributed by atoms with Crippen molar-refractivity contribution in [1.82, 2.24) is 14.9 Å². The number of carbonyl (C=O) groups is 1. The number of nitrogens with zero attached hydrogens (tertiary/aromatic N) is 3. The molecule has 0 bridgehead atoms. The minimum atomic E-state index is 0.0601. The van der Waals surface area contributed by atoms with Gasteiger partial charge < -0.3 is 10.3 Å². The predicted octanol–water partition coefficient (Wildman–Crippen LogP) is 3.53. The number of benzene rings is 1. The number of carbonyl (C=O) groups excluding carboxylic acids is 1. The Morgan fingerprint density at radius 1 is 1.25 bits per heavy atom. The molecule has 2 aliphatic rings. The van der Waals surface area contributed by atoms with Crippen LogP contribution >= 0.6 is 0 Å². The van der Waals surface area contributed by atoms with Gasteiger partial charge in [0.15, 0.2) is 0 Å². The van der Waals surface area contributed by atoms with Gasteiger partial charge in [0.2, 0.25) is 5.91 Å². The number of nitrogens with one attached hydrogen (secondary N) is 2. The highest BCUT2D eigenvalue weighted by Gasteiger charge is 2.30. The van der Waals surface area contributed by atoms with Gasteiger partial charge in [-0.2, -0.15) is 5.26 Å². The number of amides is 1. The van der Waals surface area contributed by atoms with Crippen molar-refractivity contribution in [2.75, 3.05) is 18.4 Å². The van der Waals surface area contributed by atoms with Gasteiger partial charge >= 0.3 is 0 Å². The van der Waals surface area contributed by atoms with Crippen molar-refractivity contribution in [3.05, 3.63) is 48.2 Å². The van der Waals surface area contributed by atoms with Crippen LogP contribution in [0, 0.1) is 23.2 Å². The van der Waals surface area contributed by atoms with Gasteiger partial charge in [0.1, 0.15) is 11.5 Å². The summed E-state index contributed by atoms with van der Waals surface area (Å²) in [6.45, 7) is 2.59. The zero-order valence-electron chi connectivity index (χ0n) is 15.5. The maximum atomic E-state index is 12.1. The Morgan fingerprint density at radius 2 is 2.04 bits per heavy atom. The SMILES string of the molecule is N#CC1CN(Cc2ccc(-c3cc(NC(=O)C4CC4)nc4[nH]ccc34)cc2)C1. The van der Waals surface area contributed by atoms with Crippen LogP contribution in [-0.2, 0) is 11.3 Å². The van der Waals surface area contributed by atoms with Gasteiger partial charge in [-0.05, 0) is 41.7 Å². The van der Waals surface area contributed by atoms with Crippen LogP contribution in [0.2, 0.25) is 0 Å². The Hall–Kier alpha value is -3.17. The Morgan fingerprint density at radius 3 is 2.75 bits per heavy atom. The van der Waals surface area contributed by atoms with Crippen molar-refractivity contribution in [2.45, 2.75) is 19.4 Å². The maximum absolute atomic E-state index is 12.1. The van der Waals surface area contributed by atoms with Crippen LogP contribution in [0.15, 0.2) is 42.6 Å². The summed E-state index contributed by atoms with van der Waals surface area (Å²) in [6, 6.07) is 14.8. The monoisotopic (exact) mass is 371 g/mol. The lowest BCUT2D eigenvalue weighted by Gasteiger charge is -2.35. The lowest BCUT2D eigenvalue weighted by Crippen LogP contribution is -2.45. The number of anilines is 1. The molecule has 0 unspecified atom stereocenters. The topological polar surface area (TPSA) is 84.8 Å². The number of rotatable bonds is 5. The summed E-state index contributed by atoms with van der Waals surface area (Å²) in [4.78, 5) is 22.1. The van der Waals surface area contributed by atoms with Crippen LogP contribution in [0.5, 0.6) is 0 Å². The molecule has 28 heavy (non-hydrogen) atoms. The minimum absolute atomic E-state index is 0.0601. The maximum Gasteiger partial charge on any atom is 0.228 e. The molecule has 2 N–H and O–H groups in total. The molecule has 1 aromatic carbocycles. The number of likely N-dealkylation sites (tertiary alicyclic amines) is 1. The lowest BCUT2D eigenvalue weighted by atomic mass is 9.99. The number of nitriles is 1. The second-order valence-corrected chi connectivity index (χ2v) is 7.78. The first kappa shape index (κ1) is 17.0. The van der Waals surface area contributed by atoms with Gasteiger partial charge in [0, 0.05) is 37.1 Å². The first-order chi connectivity index (χ1) is 13.7. The summed E-state index contributed by atoms with van der Waals surface area (Å²) in [5, 5.41) is 12.9. The molecule has 2 fully saturated rings. The number of hydrogen-bond donors (Lipinski definition) is 2. The predicted molar refractivity (Wildman–Crippen MR) is 107 cm³/mol. The highest BCUT2D eigenvalue weighted by molar-refractivity contribution is 5.98. The van der Waals surface area contributed by atoms with Gasteiger partial charge in [-0.1, -0.05) is 24.3 Å². The quantitative estimate of drug-likeness (QED) is 0.718. The Kier molecular flexibility index (Phi) is 4.10. The number of aromatic nitrogens is 2.